The van der Waals surface area contributed by atoms with Crippen molar-refractivity contribution in [2.45, 2.75) is 31.2 Å². The lowest BCUT2D eigenvalue weighted by atomic mass is 10.0. The molecule has 1 fully saturated rings. The van der Waals surface area contributed by atoms with Crippen molar-refractivity contribution in [2.75, 3.05) is 5.73 Å². The van der Waals surface area contributed by atoms with E-state index >= 15 is 0 Å². The highest BCUT2D eigenvalue weighted by Crippen LogP contribution is 2.32. The molecule has 0 aromatic carbocycles. The van der Waals surface area contributed by atoms with Gasteiger partial charge in [-0.3, -0.25) is 4.98 Å². The van der Waals surface area contributed by atoms with Crippen molar-refractivity contribution in [3.8, 4) is 0 Å². The normalized spacial score (nSPS) is 27.8. The van der Waals surface area contributed by atoms with Crippen LogP contribution < -0.4 is 11.5 Å². The minimum absolute atomic E-state index is 0.365. The third-order valence-corrected chi connectivity index (χ3v) is 2.70. The summed E-state index contributed by atoms with van der Waals surface area (Å²) >= 11 is 0. The van der Waals surface area contributed by atoms with Crippen LogP contribution in [0.3, 0.4) is 0 Å². The molecule has 1 aliphatic carbocycles. The van der Waals surface area contributed by atoms with Gasteiger partial charge in [-0.1, -0.05) is 0 Å². The number of anilines is 1. The number of rotatable bonds is 1. The molecule has 0 bridgehead atoms. The molecule has 1 aliphatic rings. The summed E-state index contributed by atoms with van der Waals surface area (Å²) in [6, 6.07) is 4.29. The Morgan fingerprint density at radius 2 is 2.15 bits per heavy atom. The molecule has 3 heteroatoms. The number of nitrogens with two attached hydrogens (primary N) is 2. The molecule has 0 amide bonds. The Morgan fingerprint density at radius 3 is 2.69 bits per heavy atom. The van der Waals surface area contributed by atoms with Crippen molar-refractivity contribution in [3.63, 3.8) is 0 Å². The first-order chi connectivity index (χ1) is 6.25. The fraction of sp³-hybridized carbons (Fsp3) is 0.500. The standard InChI is InChI=1S/C10H15N3/c11-8-2-1-7(5-8)10-4-3-9(12)6-13-10/h3-4,6-8H,1-2,5,11-12H2. The molecule has 0 saturated heterocycles. The van der Waals surface area contributed by atoms with Gasteiger partial charge in [-0.25, -0.2) is 0 Å². The van der Waals surface area contributed by atoms with Crippen LogP contribution >= 0.6 is 0 Å². The third-order valence-electron chi connectivity index (χ3n) is 2.70. The molecule has 2 atom stereocenters. The van der Waals surface area contributed by atoms with Crippen molar-refractivity contribution in [1.29, 1.82) is 0 Å². The smallest absolute Gasteiger partial charge is 0.0501 e. The average Bonchev–Trinajstić information content (AvgIpc) is 2.53. The van der Waals surface area contributed by atoms with Gasteiger partial charge in [-0.15, -0.1) is 0 Å². The molecule has 1 aromatic heterocycles. The van der Waals surface area contributed by atoms with Crippen LogP contribution in [0.2, 0.25) is 0 Å². The molecule has 3 nitrogen and oxygen atoms in total. The number of nitrogen functional groups attached to an aromatic ring is 1. The Hall–Kier alpha value is -1.09. The number of hydrogen-bond donors (Lipinski definition) is 2. The van der Waals surface area contributed by atoms with E-state index in [-0.39, 0.29) is 0 Å². The predicted molar refractivity (Wildman–Crippen MR) is 53.2 cm³/mol. The molecule has 1 saturated carbocycles. The van der Waals surface area contributed by atoms with Crippen LogP contribution in [0.1, 0.15) is 30.9 Å². The van der Waals surface area contributed by atoms with Crippen LogP contribution in [-0.2, 0) is 0 Å². The van der Waals surface area contributed by atoms with Gasteiger partial charge in [0.2, 0.25) is 0 Å². The Bertz CT molecular complexity index is 281. The second-order valence-corrected chi connectivity index (χ2v) is 3.79. The molecule has 13 heavy (non-hydrogen) atoms. The Kier molecular flexibility index (Phi) is 2.19. The van der Waals surface area contributed by atoms with E-state index in [1.54, 1.807) is 6.20 Å². The zero-order valence-corrected chi connectivity index (χ0v) is 7.61. The maximum absolute atomic E-state index is 5.84. The minimum atomic E-state index is 0.365. The fourth-order valence-corrected chi connectivity index (χ4v) is 1.94. The summed E-state index contributed by atoms with van der Waals surface area (Å²) < 4.78 is 0. The van der Waals surface area contributed by atoms with Gasteiger partial charge >= 0.3 is 0 Å². The summed E-state index contributed by atoms with van der Waals surface area (Å²) in [5, 5.41) is 0. The zero-order valence-electron chi connectivity index (χ0n) is 7.61. The first-order valence-electron chi connectivity index (χ1n) is 4.72. The quantitative estimate of drug-likeness (QED) is 0.678. The molecule has 0 aliphatic heterocycles. The molecule has 4 N–H and O–H groups in total. The second-order valence-electron chi connectivity index (χ2n) is 3.79. The zero-order chi connectivity index (χ0) is 9.26. The van der Waals surface area contributed by atoms with Gasteiger partial charge in [0.25, 0.3) is 0 Å². The summed E-state index contributed by atoms with van der Waals surface area (Å²) in [5.74, 6) is 0.551. The molecule has 1 aromatic rings. The van der Waals surface area contributed by atoms with E-state index in [9.17, 15) is 0 Å². The maximum atomic E-state index is 5.84. The monoisotopic (exact) mass is 177 g/mol. The molecular weight excluding hydrogens is 162 g/mol. The summed E-state index contributed by atoms with van der Waals surface area (Å²) in [7, 11) is 0. The average molecular weight is 177 g/mol. The van der Waals surface area contributed by atoms with Gasteiger partial charge in [0.15, 0.2) is 0 Å². The third kappa shape index (κ3) is 1.80. The van der Waals surface area contributed by atoms with E-state index in [4.69, 9.17) is 11.5 Å². The van der Waals surface area contributed by atoms with Gasteiger partial charge in [0.1, 0.15) is 0 Å². The van der Waals surface area contributed by atoms with Crippen molar-refractivity contribution in [1.82, 2.24) is 4.98 Å². The number of nitrogens with zero attached hydrogens (tertiary/aromatic N) is 1. The van der Waals surface area contributed by atoms with Crippen LogP contribution in [0.25, 0.3) is 0 Å². The van der Waals surface area contributed by atoms with Crippen molar-refractivity contribution in [3.05, 3.63) is 24.0 Å². The van der Waals surface area contributed by atoms with Crippen LogP contribution in [-0.4, -0.2) is 11.0 Å². The van der Waals surface area contributed by atoms with Crippen molar-refractivity contribution in [2.24, 2.45) is 5.73 Å². The lowest BCUT2D eigenvalue weighted by molar-refractivity contribution is 0.662. The van der Waals surface area contributed by atoms with Crippen molar-refractivity contribution < 1.29 is 0 Å². The molecule has 2 rings (SSSR count). The van der Waals surface area contributed by atoms with E-state index in [1.807, 2.05) is 12.1 Å². The van der Waals surface area contributed by atoms with Gasteiger partial charge < -0.3 is 11.5 Å². The van der Waals surface area contributed by atoms with Gasteiger partial charge in [0, 0.05) is 17.7 Å². The van der Waals surface area contributed by atoms with Gasteiger partial charge in [-0.2, -0.15) is 0 Å². The largest absolute Gasteiger partial charge is 0.397 e. The second kappa shape index (κ2) is 3.34. The molecule has 0 radical (unpaired) electrons. The summed E-state index contributed by atoms with van der Waals surface area (Å²) in [4.78, 5) is 4.31. The summed E-state index contributed by atoms with van der Waals surface area (Å²) in [5.41, 5.74) is 13.3. The van der Waals surface area contributed by atoms with Crippen LogP contribution in [0.5, 0.6) is 0 Å². The minimum Gasteiger partial charge on any atom is -0.397 e. The molecule has 1 heterocycles. The highest BCUT2D eigenvalue weighted by Gasteiger charge is 2.23. The van der Waals surface area contributed by atoms with E-state index < -0.39 is 0 Å². The predicted octanol–water partition coefficient (Wildman–Crippen LogP) is 1.26. The molecular formula is C10H15N3. The van der Waals surface area contributed by atoms with Crippen LogP contribution in [0, 0.1) is 0 Å². The van der Waals surface area contributed by atoms with E-state index in [2.05, 4.69) is 4.98 Å². The SMILES string of the molecule is Nc1ccc(C2CCC(N)C2)nc1. The Morgan fingerprint density at radius 1 is 1.31 bits per heavy atom. The van der Waals surface area contributed by atoms with E-state index in [0.717, 1.165) is 30.6 Å². The van der Waals surface area contributed by atoms with Gasteiger partial charge in [-0.05, 0) is 31.4 Å². The van der Waals surface area contributed by atoms with Crippen LogP contribution in [0.4, 0.5) is 5.69 Å². The summed E-state index contributed by atoms with van der Waals surface area (Å²) in [6.07, 6.45) is 5.07. The Labute approximate surface area is 78.1 Å². The lowest BCUT2D eigenvalue weighted by Crippen LogP contribution is -2.14. The Balaban J connectivity index is 2.13. The number of aromatic nitrogens is 1. The van der Waals surface area contributed by atoms with Gasteiger partial charge in [0.05, 0.1) is 11.9 Å². The fourth-order valence-electron chi connectivity index (χ4n) is 1.94. The maximum Gasteiger partial charge on any atom is 0.0501 e. The first kappa shape index (κ1) is 8.51. The number of hydrogen-bond acceptors (Lipinski definition) is 3. The molecule has 0 spiro atoms. The van der Waals surface area contributed by atoms with E-state index in [1.165, 1.54) is 0 Å². The highest BCUT2D eigenvalue weighted by molar-refractivity contribution is 5.35. The summed E-state index contributed by atoms with van der Waals surface area (Å²) in [6.45, 7) is 0. The first-order valence-corrected chi connectivity index (χ1v) is 4.72. The molecule has 70 valence electrons. The van der Waals surface area contributed by atoms with Crippen LogP contribution in [0.15, 0.2) is 18.3 Å². The topological polar surface area (TPSA) is 64.9 Å². The van der Waals surface area contributed by atoms with Crippen molar-refractivity contribution >= 4 is 5.69 Å². The molecule has 2 unspecified atom stereocenters. The van der Waals surface area contributed by atoms with E-state index in [0.29, 0.717) is 12.0 Å². The number of pyridine rings is 1. The lowest BCUT2D eigenvalue weighted by Gasteiger charge is -2.08. The highest BCUT2D eigenvalue weighted by atomic mass is 14.7.